The molecule has 0 saturated carbocycles. The molecule has 0 radical (unpaired) electrons. The number of anilines is 3. The van der Waals surface area contributed by atoms with E-state index in [0.717, 1.165) is 12.1 Å². The number of para-hydroxylation sites is 1. The van der Waals surface area contributed by atoms with Gasteiger partial charge in [0.15, 0.2) is 0 Å². The Bertz CT molecular complexity index is 947. The summed E-state index contributed by atoms with van der Waals surface area (Å²) in [4.78, 5) is 20.2. The molecule has 0 spiro atoms. The van der Waals surface area contributed by atoms with Crippen LogP contribution in [-0.2, 0) is 0 Å². The van der Waals surface area contributed by atoms with Gasteiger partial charge in [0, 0.05) is 6.07 Å². The topological polar surface area (TPSA) is 66.9 Å². The number of halogens is 4. The van der Waals surface area contributed by atoms with Gasteiger partial charge in [-0.15, -0.1) is 0 Å². The second-order valence-electron chi connectivity index (χ2n) is 5.09. The molecule has 0 fully saturated rings. The van der Waals surface area contributed by atoms with E-state index in [1.165, 1.54) is 18.5 Å². The van der Waals surface area contributed by atoms with E-state index < -0.39 is 17.5 Å². The smallest absolute Gasteiger partial charge is 0.275 e. The molecular weight excluding hydrogens is 385 g/mol. The first-order chi connectivity index (χ1) is 12.4. The van der Waals surface area contributed by atoms with E-state index in [2.05, 4.69) is 20.6 Å². The number of hydrogen-bond acceptors (Lipinski definition) is 4. The van der Waals surface area contributed by atoms with Crippen molar-refractivity contribution in [3.05, 3.63) is 76.2 Å². The minimum atomic E-state index is -0.776. The molecule has 5 nitrogen and oxygen atoms in total. The van der Waals surface area contributed by atoms with Gasteiger partial charge >= 0.3 is 0 Å². The highest BCUT2D eigenvalue weighted by Gasteiger charge is 2.13. The standard InChI is InChI=1S/C17H10Cl2F2N4O/c18-10-2-1-3-11(19)16(10)25-17(26)14-7-23-15(8-22-14)24-13-5-4-9(20)6-12(13)21/h1-8H,(H,23,24)(H,25,26). The zero-order chi connectivity index (χ0) is 18.7. The lowest BCUT2D eigenvalue weighted by atomic mass is 10.3. The highest BCUT2D eigenvalue weighted by molar-refractivity contribution is 6.39. The summed E-state index contributed by atoms with van der Waals surface area (Å²) in [5.74, 6) is -1.85. The number of aromatic nitrogens is 2. The van der Waals surface area contributed by atoms with Gasteiger partial charge in [-0.05, 0) is 24.3 Å². The third-order valence-electron chi connectivity index (χ3n) is 3.28. The Labute approximate surface area is 157 Å². The van der Waals surface area contributed by atoms with Gasteiger partial charge in [-0.3, -0.25) is 4.79 Å². The molecule has 2 N–H and O–H groups in total. The summed E-state index contributed by atoms with van der Waals surface area (Å²) in [6, 6.07) is 7.89. The van der Waals surface area contributed by atoms with Crippen molar-refractivity contribution in [1.29, 1.82) is 0 Å². The van der Waals surface area contributed by atoms with E-state index in [1.54, 1.807) is 18.2 Å². The quantitative estimate of drug-likeness (QED) is 0.648. The second kappa shape index (κ2) is 7.63. The van der Waals surface area contributed by atoms with Crippen molar-refractivity contribution in [3.63, 3.8) is 0 Å². The first-order valence-corrected chi connectivity index (χ1v) is 7.99. The molecular formula is C17H10Cl2F2N4O. The van der Waals surface area contributed by atoms with Crippen LogP contribution in [0.15, 0.2) is 48.8 Å². The fraction of sp³-hybridized carbons (Fsp3) is 0. The molecule has 3 rings (SSSR count). The summed E-state index contributed by atoms with van der Waals surface area (Å²) in [6.45, 7) is 0. The first kappa shape index (κ1) is 18.0. The average molecular weight is 395 g/mol. The van der Waals surface area contributed by atoms with E-state index in [-0.39, 0.29) is 32.9 Å². The van der Waals surface area contributed by atoms with Crippen LogP contribution in [0.3, 0.4) is 0 Å². The van der Waals surface area contributed by atoms with Crippen LogP contribution in [0.5, 0.6) is 0 Å². The number of hydrogen-bond donors (Lipinski definition) is 2. The molecule has 9 heteroatoms. The number of amides is 1. The van der Waals surface area contributed by atoms with Crippen molar-refractivity contribution < 1.29 is 13.6 Å². The molecule has 0 aliphatic heterocycles. The number of nitrogens with one attached hydrogen (secondary N) is 2. The number of carbonyl (C=O) groups excluding carboxylic acids is 1. The molecule has 2 aromatic carbocycles. The zero-order valence-corrected chi connectivity index (χ0v) is 14.4. The zero-order valence-electron chi connectivity index (χ0n) is 12.9. The Morgan fingerprint density at radius 1 is 1.00 bits per heavy atom. The lowest BCUT2D eigenvalue weighted by Crippen LogP contribution is -2.15. The number of benzene rings is 2. The minimum absolute atomic E-state index is 0.00566. The maximum absolute atomic E-state index is 13.6. The molecule has 132 valence electrons. The van der Waals surface area contributed by atoms with E-state index in [9.17, 15) is 13.6 Å². The Hall–Kier alpha value is -2.77. The Kier molecular flexibility index (Phi) is 5.29. The number of rotatable bonds is 4. The summed E-state index contributed by atoms with van der Waals surface area (Å²) in [5, 5.41) is 5.76. The van der Waals surface area contributed by atoms with Crippen molar-refractivity contribution in [2.45, 2.75) is 0 Å². The van der Waals surface area contributed by atoms with Crippen LogP contribution < -0.4 is 10.6 Å². The molecule has 0 aliphatic carbocycles. The van der Waals surface area contributed by atoms with Crippen molar-refractivity contribution in [2.75, 3.05) is 10.6 Å². The third kappa shape index (κ3) is 4.07. The molecule has 1 amide bonds. The number of nitrogens with zero attached hydrogens (tertiary/aromatic N) is 2. The molecule has 3 aromatic rings. The summed E-state index contributed by atoms with van der Waals surface area (Å²) in [5.41, 5.74) is 0.296. The van der Waals surface area contributed by atoms with Crippen LogP contribution in [0.2, 0.25) is 10.0 Å². The van der Waals surface area contributed by atoms with Gasteiger partial charge in [0.2, 0.25) is 0 Å². The van der Waals surface area contributed by atoms with Gasteiger partial charge in [0.1, 0.15) is 23.1 Å². The van der Waals surface area contributed by atoms with Gasteiger partial charge in [-0.1, -0.05) is 29.3 Å². The van der Waals surface area contributed by atoms with Crippen molar-refractivity contribution in [1.82, 2.24) is 9.97 Å². The lowest BCUT2D eigenvalue weighted by Gasteiger charge is -2.09. The van der Waals surface area contributed by atoms with E-state index in [0.29, 0.717) is 0 Å². The maximum Gasteiger partial charge on any atom is 0.275 e. The van der Waals surface area contributed by atoms with E-state index in [1.807, 2.05) is 0 Å². The summed E-state index contributed by atoms with van der Waals surface area (Å²) in [6.07, 6.45) is 2.44. The van der Waals surface area contributed by atoms with Crippen molar-refractivity contribution in [2.24, 2.45) is 0 Å². The molecule has 0 atom stereocenters. The second-order valence-corrected chi connectivity index (χ2v) is 5.90. The third-order valence-corrected chi connectivity index (χ3v) is 3.91. The summed E-state index contributed by atoms with van der Waals surface area (Å²) in [7, 11) is 0. The van der Waals surface area contributed by atoms with Gasteiger partial charge in [0.25, 0.3) is 5.91 Å². The van der Waals surface area contributed by atoms with Crippen LogP contribution >= 0.6 is 23.2 Å². The van der Waals surface area contributed by atoms with Crippen LogP contribution in [0.4, 0.5) is 26.0 Å². The van der Waals surface area contributed by atoms with Crippen LogP contribution in [0, 0.1) is 11.6 Å². The Balaban J connectivity index is 1.74. The van der Waals surface area contributed by atoms with Gasteiger partial charge in [0.05, 0.1) is 33.8 Å². The minimum Gasteiger partial charge on any atom is -0.337 e. The SMILES string of the molecule is O=C(Nc1c(Cl)cccc1Cl)c1cnc(Nc2ccc(F)cc2F)cn1. The van der Waals surface area contributed by atoms with E-state index in [4.69, 9.17) is 23.2 Å². The summed E-state index contributed by atoms with van der Waals surface area (Å²) < 4.78 is 26.5. The van der Waals surface area contributed by atoms with Gasteiger partial charge in [-0.2, -0.15) is 0 Å². The van der Waals surface area contributed by atoms with Crippen molar-refractivity contribution >= 4 is 46.3 Å². The number of carbonyl (C=O) groups is 1. The first-order valence-electron chi connectivity index (χ1n) is 7.23. The fourth-order valence-electron chi connectivity index (χ4n) is 2.03. The maximum atomic E-state index is 13.6. The van der Waals surface area contributed by atoms with Crippen LogP contribution in [0.1, 0.15) is 10.5 Å². The Morgan fingerprint density at radius 2 is 1.73 bits per heavy atom. The van der Waals surface area contributed by atoms with Crippen LogP contribution in [-0.4, -0.2) is 15.9 Å². The van der Waals surface area contributed by atoms with E-state index >= 15 is 0 Å². The monoisotopic (exact) mass is 394 g/mol. The molecule has 1 aromatic heterocycles. The lowest BCUT2D eigenvalue weighted by molar-refractivity contribution is 0.102. The molecule has 0 bridgehead atoms. The van der Waals surface area contributed by atoms with Crippen molar-refractivity contribution in [3.8, 4) is 0 Å². The summed E-state index contributed by atoms with van der Waals surface area (Å²) >= 11 is 12.0. The largest absolute Gasteiger partial charge is 0.337 e. The molecule has 1 heterocycles. The van der Waals surface area contributed by atoms with Gasteiger partial charge < -0.3 is 10.6 Å². The van der Waals surface area contributed by atoms with Gasteiger partial charge in [-0.25, -0.2) is 18.7 Å². The fourth-order valence-corrected chi connectivity index (χ4v) is 2.53. The molecule has 0 unspecified atom stereocenters. The molecule has 26 heavy (non-hydrogen) atoms. The predicted octanol–water partition coefficient (Wildman–Crippen LogP) is 5.06. The highest BCUT2D eigenvalue weighted by Crippen LogP contribution is 2.30. The molecule has 0 aliphatic rings. The normalized spacial score (nSPS) is 10.5. The predicted molar refractivity (Wildman–Crippen MR) is 96.1 cm³/mol. The molecule has 0 saturated heterocycles. The average Bonchev–Trinajstić information content (AvgIpc) is 2.61. The Morgan fingerprint density at radius 3 is 2.35 bits per heavy atom. The van der Waals surface area contributed by atoms with Crippen LogP contribution in [0.25, 0.3) is 0 Å². The highest BCUT2D eigenvalue weighted by atomic mass is 35.5.